The predicted octanol–water partition coefficient (Wildman–Crippen LogP) is 1.53. The van der Waals surface area contributed by atoms with E-state index in [0.29, 0.717) is 12.2 Å². The van der Waals surface area contributed by atoms with Crippen molar-refractivity contribution in [2.45, 2.75) is 6.17 Å². The van der Waals surface area contributed by atoms with Crippen LogP contribution in [0, 0.1) is 5.92 Å². The molecule has 2 atom stereocenters. The van der Waals surface area contributed by atoms with E-state index >= 15 is 0 Å². The molecular weight excluding hydrogens is 328 g/mol. The van der Waals surface area contributed by atoms with Gasteiger partial charge < -0.3 is 15.5 Å². The summed E-state index contributed by atoms with van der Waals surface area (Å²) in [5, 5.41) is 8.88. The van der Waals surface area contributed by atoms with E-state index in [1.807, 2.05) is 48.7 Å². The smallest absolute Gasteiger partial charge is 0.251 e. The summed E-state index contributed by atoms with van der Waals surface area (Å²) < 4.78 is 0. The molecule has 132 valence electrons. The number of anilines is 1. The Morgan fingerprint density at radius 2 is 1.85 bits per heavy atom. The topological polar surface area (TPSA) is 73.5 Å². The number of nitrogens with one attached hydrogen (secondary N) is 3. The number of carbonyl (C=O) groups excluding carboxylic acids is 2. The van der Waals surface area contributed by atoms with Crippen molar-refractivity contribution in [3.63, 3.8) is 0 Å². The SMILES string of the molecule is CNC(=O)c1ccc(N2C=C(c3ccccc3)C3C(=O)NCNC32)cc1. The fourth-order valence-electron chi connectivity index (χ4n) is 3.54. The molecule has 0 bridgehead atoms. The molecule has 2 heterocycles. The van der Waals surface area contributed by atoms with Gasteiger partial charge in [-0.25, -0.2) is 0 Å². The largest absolute Gasteiger partial charge is 0.355 e. The quantitative estimate of drug-likeness (QED) is 0.786. The highest BCUT2D eigenvalue weighted by Crippen LogP contribution is 2.38. The molecular formula is C20H20N4O2. The van der Waals surface area contributed by atoms with Crippen molar-refractivity contribution in [3.8, 4) is 0 Å². The van der Waals surface area contributed by atoms with Crippen LogP contribution in [0.15, 0.2) is 60.8 Å². The molecule has 0 saturated carbocycles. The molecule has 0 spiro atoms. The first-order chi connectivity index (χ1) is 12.7. The van der Waals surface area contributed by atoms with Crippen molar-refractivity contribution in [2.75, 3.05) is 18.6 Å². The average Bonchev–Trinajstić information content (AvgIpc) is 3.09. The molecule has 2 aliphatic rings. The van der Waals surface area contributed by atoms with Gasteiger partial charge in [0.2, 0.25) is 5.91 Å². The summed E-state index contributed by atoms with van der Waals surface area (Å²) in [6.07, 6.45) is 1.88. The Morgan fingerprint density at radius 3 is 2.54 bits per heavy atom. The third-order valence-corrected chi connectivity index (χ3v) is 4.85. The third kappa shape index (κ3) is 2.74. The zero-order valence-corrected chi connectivity index (χ0v) is 14.4. The number of hydrogen-bond donors (Lipinski definition) is 3. The number of hydrogen-bond acceptors (Lipinski definition) is 4. The molecule has 2 amide bonds. The molecule has 1 fully saturated rings. The van der Waals surface area contributed by atoms with E-state index in [4.69, 9.17) is 0 Å². The molecule has 2 aliphatic heterocycles. The summed E-state index contributed by atoms with van der Waals surface area (Å²) in [7, 11) is 1.61. The van der Waals surface area contributed by atoms with E-state index in [1.165, 1.54) is 0 Å². The van der Waals surface area contributed by atoms with Gasteiger partial charge in [0, 0.05) is 24.5 Å². The highest BCUT2D eigenvalue weighted by molar-refractivity contribution is 5.97. The summed E-state index contributed by atoms with van der Waals surface area (Å²) in [5.41, 5.74) is 3.55. The van der Waals surface area contributed by atoms with Crippen LogP contribution in [-0.2, 0) is 4.79 Å². The summed E-state index contributed by atoms with van der Waals surface area (Å²) in [4.78, 5) is 26.4. The molecule has 2 aromatic carbocycles. The second-order valence-corrected chi connectivity index (χ2v) is 6.33. The molecule has 2 unspecified atom stereocenters. The van der Waals surface area contributed by atoms with Gasteiger partial charge in [-0.2, -0.15) is 0 Å². The number of carbonyl (C=O) groups is 2. The summed E-state index contributed by atoms with van der Waals surface area (Å²) in [5.74, 6) is -0.385. The highest BCUT2D eigenvalue weighted by atomic mass is 16.2. The molecule has 0 aromatic heterocycles. The Bertz CT molecular complexity index is 861. The lowest BCUT2D eigenvalue weighted by molar-refractivity contribution is -0.125. The molecule has 2 aromatic rings. The van der Waals surface area contributed by atoms with Gasteiger partial charge >= 0.3 is 0 Å². The van der Waals surface area contributed by atoms with Crippen LogP contribution in [-0.4, -0.2) is 31.7 Å². The maximum Gasteiger partial charge on any atom is 0.251 e. The van der Waals surface area contributed by atoms with E-state index in [9.17, 15) is 9.59 Å². The van der Waals surface area contributed by atoms with Gasteiger partial charge in [-0.15, -0.1) is 0 Å². The zero-order valence-electron chi connectivity index (χ0n) is 14.4. The fourth-order valence-corrected chi connectivity index (χ4v) is 3.54. The molecule has 1 saturated heterocycles. The van der Waals surface area contributed by atoms with Crippen LogP contribution in [0.25, 0.3) is 5.57 Å². The number of rotatable bonds is 3. The van der Waals surface area contributed by atoms with Gasteiger partial charge in [-0.1, -0.05) is 30.3 Å². The minimum Gasteiger partial charge on any atom is -0.355 e. The van der Waals surface area contributed by atoms with Crippen LogP contribution in [0.4, 0.5) is 5.69 Å². The monoisotopic (exact) mass is 348 g/mol. The van der Waals surface area contributed by atoms with E-state index in [0.717, 1.165) is 16.8 Å². The van der Waals surface area contributed by atoms with Crippen LogP contribution in [0.1, 0.15) is 15.9 Å². The van der Waals surface area contributed by atoms with Gasteiger partial charge in [0.05, 0.1) is 12.6 Å². The number of benzene rings is 2. The molecule has 6 heteroatoms. The van der Waals surface area contributed by atoms with Crippen LogP contribution in [0.5, 0.6) is 0 Å². The summed E-state index contributed by atoms with van der Waals surface area (Å²) in [6, 6.07) is 17.3. The maximum absolute atomic E-state index is 12.5. The van der Waals surface area contributed by atoms with Gasteiger partial charge in [0.1, 0.15) is 6.17 Å². The summed E-state index contributed by atoms with van der Waals surface area (Å²) >= 11 is 0. The van der Waals surface area contributed by atoms with Crippen LogP contribution < -0.4 is 20.9 Å². The van der Waals surface area contributed by atoms with Crippen molar-refractivity contribution in [3.05, 3.63) is 71.9 Å². The lowest BCUT2D eigenvalue weighted by Crippen LogP contribution is -2.58. The van der Waals surface area contributed by atoms with E-state index in [1.54, 1.807) is 19.2 Å². The Morgan fingerprint density at radius 1 is 1.12 bits per heavy atom. The van der Waals surface area contributed by atoms with Crippen LogP contribution in [0.3, 0.4) is 0 Å². The summed E-state index contributed by atoms with van der Waals surface area (Å²) in [6.45, 7) is 0.433. The number of amides is 2. The molecule has 0 aliphatic carbocycles. The molecule has 6 nitrogen and oxygen atoms in total. The Hall–Kier alpha value is -3.12. The highest BCUT2D eigenvalue weighted by Gasteiger charge is 2.43. The molecule has 3 N–H and O–H groups in total. The molecule has 26 heavy (non-hydrogen) atoms. The van der Waals surface area contributed by atoms with Crippen LogP contribution >= 0.6 is 0 Å². The second-order valence-electron chi connectivity index (χ2n) is 6.33. The van der Waals surface area contributed by atoms with Gasteiger partial charge in [0.15, 0.2) is 0 Å². The lowest BCUT2D eigenvalue weighted by atomic mass is 9.91. The van der Waals surface area contributed by atoms with Crippen molar-refractivity contribution in [1.29, 1.82) is 0 Å². The van der Waals surface area contributed by atoms with Gasteiger partial charge in [-0.3, -0.25) is 14.9 Å². The van der Waals surface area contributed by atoms with Crippen molar-refractivity contribution in [2.24, 2.45) is 5.92 Å². The standard InChI is InChI=1S/C20H20N4O2/c1-21-19(25)14-7-9-15(10-8-14)24-11-16(13-5-3-2-4-6-13)17-18(24)22-12-23-20(17)26/h2-11,17-18,22H,12H2,1H3,(H,21,25)(H,23,26). The molecule has 0 radical (unpaired) electrons. The van der Waals surface area contributed by atoms with E-state index in [2.05, 4.69) is 20.9 Å². The Kier molecular flexibility index (Phi) is 4.18. The first-order valence-electron chi connectivity index (χ1n) is 8.58. The third-order valence-electron chi connectivity index (χ3n) is 4.85. The Balaban J connectivity index is 1.72. The van der Waals surface area contributed by atoms with Gasteiger partial charge in [0.25, 0.3) is 5.91 Å². The Labute approximate surface area is 151 Å². The number of fused-ring (bicyclic) bond motifs is 1. The first kappa shape index (κ1) is 16.4. The maximum atomic E-state index is 12.5. The first-order valence-corrected chi connectivity index (χ1v) is 8.58. The number of nitrogens with zero attached hydrogens (tertiary/aromatic N) is 1. The average molecular weight is 348 g/mol. The minimum absolute atomic E-state index is 0.0216. The van der Waals surface area contributed by atoms with Crippen molar-refractivity contribution in [1.82, 2.24) is 16.0 Å². The van der Waals surface area contributed by atoms with Crippen molar-refractivity contribution < 1.29 is 9.59 Å². The fraction of sp³-hybridized carbons (Fsp3) is 0.200. The predicted molar refractivity (Wildman–Crippen MR) is 100 cm³/mol. The zero-order chi connectivity index (χ0) is 18.1. The normalized spacial score (nSPS) is 21.7. The van der Waals surface area contributed by atoms with E-state index < -0.39 is 0 Å². The van der Waals surface area contributed by atoms with E-state index in [-0.39, 0.29) is 23.9 Å². The minimum atomic E-state index is -0.287. The lowest BCUT2D eigenvalue weighted by Gasteiger charge is -2.34. The van der Waals surface area contributed by atoms with Crippen LogP contribution in [0.2, 0.25) is 0 Å². The molecule has 4 rings (SSSR count). The second kappa shape index (κ2) is 6.65. The van der Waals surface area contributed by atoms with Crippen molar-refractivity contribution >= 4 is 23.1 Å². The van der Waals surface area contributed by atoms with Gasteiger partial charge in [-0.05, 0) is 35.4 Å².